The van der Waals surface area contributed by atoms with Crippen LogP contribution in [0.1, 0.15) is 35.1 Å². The first-order valence-corrected chi connectivity index (χ1v) is 18.9. The van der Waals surface area contributed by atoms with E-state index >= 15 is 0 Å². The van der Waals surface area contributed by atoms with Gasteiger partial charge < -0.3 is 29.0 Å². The zero-order valence-corrected chi connectivity index (χ0v) is 30.6. The van der Waals surface area contributed by atoms with E-state index in [1.54, 1.807) is 38.5 Å². The van der Waals surface area contributed by atoms with Gasteiger partial charge in [-0.25, -0.2) is 8.42 Å². The van der Waals surface area contributed by atoms with Gasteiger partial charge in [-0.3, -0.25) is 0 Å². The maximum Gasteiger partial charge on any atom is 0.243 e. The fourth-order valence-electron chi connectivity index (χ4n) is 6.70. The normalized spacial score (nSPS) is 18.3. The minimum Gasteiger partial charge on any atom is -0.497 e. The lowest BCUT2D eigenvalue weighted by molar-refractivity contribution is 0.0414. The van der Waals surface area contributed by atoms with Gasteiger partial charge in [0.1, 0.15) is 30.6 Å². The fourth-order valence-corrected chi connectivity index (χ4v) is 8.33. The number of anilines is 1. The van der Waals surface area contributed by atoms with Gasteiger partial charge in [0.05, 0.1) is 37.5 Å². The Kier molecular flexibility index (Phi) is 11.9. The average Bonchev–Trinajstić information content (AvgIpc) is 3.16. The van der Waals surface area contributed by atoms with Crippen LogP contribution in [0, 0.1) is 11.8 Å². The summed E-state index contributed by atoms with van der Waals surface area (Å²) < 4.78 is 54.3. The second kappa shape index (κ2) is 16.5. The van der Waals surface area contributed by atoms with E-state index in [1.165, 1.54) is 4.31 Å². The molecule has 11 heteroatoms. The van der Waals surface area contributed by atoms with Crippen molar-refractivity contribution in [2.75, 3.05) is 39.0 Å². The highest BCUT2D eigenvalue weighted by Gasteiger charge is 2.37. The Morgan fingerprint density at radius 2 is 1.61 bits per heavy atom. The number of rotatable bonds is 12. The zero-order valence-electron chi connectivity index (χ0n) is 29.0. The molecule has 0 aromatic heterocycles. The van der Waals surface area contributed by atoms with Crippen molar-refractivity contribution in [3.63, 3.8) is 0 Å². The molecular weight excluding hydrogens is 688 g/mol. The lowest BCUT2D eigenvalue weighted by Crippen LogP contribution is -2.43. The van der Waals surface area contributed by atoms with E-state index in [1.807, 2.05) is 71.6 Å². The third-order valence-corrected chi connectivity index (χ3v) is 11.9. The number of methoxy groups -OCH3 is 2. The van der Waals surface area contributed by atoms with Gasteiger partial charge in [0.25, 0.3) is 0 Å². The van der Waals surface area contributed by atoms with Crippen molar-refractivity contribution in [2.24, 2.45) is 11.8 Å². The number of hydrogen-bond donors (Lipinski definition) is 1. The summed E-state index contributed by atoms with van der Waals surface area (Å²) in [4.78, 5) is 2.18. The molecule has 1 heterocycles. The Hall–Kier alpha value is -4.06. The third kappa shape index (κ3) is 8.71. The SMILES string of the molecule is C=C[C@@H](O)[C@@H]1CC[C@H]1CN1COCCc2cc(Cl)ccc2COc2ccc(S(=O)(=O)N(Cc3ccc(OC)cc3)Cc3ccc(OC)cc3)cc21. The van der Waals surface area contributed by atoms with Gasteiger partial charge in [0.2, 0.25) is 10.0 Å². The van der Waals surface area contributed by atoms with Crippen LogP contribution in [0.4, 0.5) is 5.69 Å². The number of sulfonamides is 1. The number of aliphatic hydroxyl groups excluding tert-OH is 1. The summed E-state index contributed by atoms with van der Waals surface area (Å²) in [7, 11) is -0.857. The molecule has 1 aliphatic heterocycles. The van der Waals surface area contributed by atoms with Gasteiger partial charge in [-0.15, -0.1) is 6.58 Å². The Morgan fingerprint density at radius 3 is 2.20 bits per heavy atom. The van der Waals surface area contributed by atoms with Gasteiger partial charge in [-0.05, 0) is 108 Å². The van der Waals surface area contributed by atoms with E-state index in [0.29, 0.717) is 47.5 Å². The summed E-state index contributed by atoms with van der Waals surface area (Å²) in [6.07, 6.45) is 3.45. The van der Waals surface area contributed by atoms with E-state index in [2.05, 4.69) is 6.58 Å². The molecule has 0 amide bonds. The van der Waals surface area contributed by atoms with Crippen LogP contribution in [-0.4, -0.2) is 58.0 Å². The van der Waals surface area contributed by atoms with Crippen molar-refractivity contribution in [1.82, 2.24) is 4.31 Å². The van der Waals surface area contributed by atoms with Crippen LogP contribution < -0.4 is 19.1 Å². The number of fused-ring (bicyclic) bond motifs is 2. The van der Waals surface area contributed by atoms with Crippen LogP contribution >= 0.6 is 11.6 Å². The highest BCUT2D eigenvalue weighted by molar-refractivity contribution is 7.89. The van der Waals surface area contributed by atoms with Gasteiger partial charge in [-0.1, -0.05) is 48.0 Å². The lowest BCUT2D eigenvalue weighted by Gasteiger charge is -2.42. The summed E-state index contributed by atoms with van der Waals surface area (Å²) in [5, 5.41) is 11.3. The molecule has 0 bridgehead atoms. The molecule has 0 radical (unpaired) electrons. The molecule has 1 saturated carbocycles. The Balaban J connectivity index is 1.38. The molecule has 2 aliphatic rings. The monoisotopic (exact) mass is 732 g/mol. The minimum absolute atomic E-state index is 0.0628. The predicted octanol–water partition coefficient (Wildman–Crippen LogP) is 7.24. The molecule has 1 N–H and O–H groups in total. The molecule has 270 valence electrons. The van der Waals surface area contributed by atoms with Gasteiger partial charge in [-0.2, -0.15) is 4.31 Å². The van der Waals surface area contributed by atoms with Gasteiger partial charge >= 0.3 is 0 Å². The zero-order chi connectivity index (χ0) is 36.0. The number of nitrogens with zero attached hydrogens (tertiary/aromatic N) is 2. The molecular formula is C40H45ClN2O7S. The third-order valence-electron chi connectivity index (χ3n) is 9.87. The molecule has 1 aliphatic carbocycles. The molecule has 0 saturated heterocycles. The van der Waals surface area contributed by atoms with Crippen molar-refractivity contribution in [3.8, 4) is 17.2 Å². The largest absolute Gasteiger partial charge is 0.497 e. The van der Waals surface area contributed by atoms with Crippen molar-refractivity contribution >= 4 is 27.3 Å². The summed E-state index contributed by atoms with van der Waals surface area (Å²) >= 11 is 6.34. The smallest absolute Gasteiger partial charge is 0.243 e. The Bertz CT molecular complexity index is 1850. The van der Waals surface area contributed by atoms with Crippen LogP contribution in [-0.2, 0) is 40.9 Å². The molecule has 4 aromatic carbocycles. The van der Waals surface area contributed by atoms with Crippen molar-refractivity contribution in [2.45, 2.75) is 50.0 Å². The molecule has 3 atom stereocenters. The quantitative estimate of drug-likeness (QED) is 0.152. The molecule has 51 heavy (non-hydrogen) atoms. The van der Waals surface area contributed by atoms with Crippen molar-refractivity contribution < 1.29 is 32.5 Å². The van der Waals surface area contributed by atoms with Crippen LogP contribution in [0.3, 0.4) is 0 Å². The molecule has 1 fully saturated rings. The Morgan fingerprint density at radius 1 is 0.941 bits per heavy atom. The summed E-state index contributed by atoms with van der Waals surface area (Å²) in [6, 6.07) is 25.6. The van der Waals surface area contributed by atoms with Crippen LogP contribution in [0.2, 0.25) is 5.02 Å². The molecule has 0 spiro atoms. The fraction of sp³-hybridized carbons (Fsp3) is 0.350. The van der Waals surface area contributed by atoms with E-state index in [4.69, 9.17) is 30.5 Å². The highest BCUT2D eigenvalue weighted by atomic mass is 35.5. The number of hydrogen-bond acceptors (Lipinski definition) is 8. The summed E-state index contributed by atoms with van der Waals surface area (Å²) in [5.41, 5.74) is 4.27. The molecule has 6 rings (SSSR count). The molecule has 4 aromatic rings. The number of halogens is 1. The topological polar surface area (TPSA) is 97.8 Å². The predicted molar refractivity (Wildman–Crippen MR) is 199 cm³/mol. The van der Waals surface area contributed by atoms with E-state index in [-0.39, 0.29) is 43.2 Å². The van der Waals surface area contributed by atoms with Gasteiger partial charge in [0, 0.05) is 24.7 Å². The summed E-state index contributed by atoms with van der Waals surface area (Å²) in [6.45, 7) is 5.56. The maximum absolute atomic E-state index is 14.7. The maximum atomic E-state index is 14.7. The van der Waals surface area contributed by atoms with Crippen LogP contribution in [0.25, 0.3) is 0 Å². The van der Waals surface area contributed by atoms with Gasteiger partial charge in [0.15, 0.2) is 0 Å². The molecule has 9 nitrogen and oxygen atoms in total. The lowest BCUT2D eigenvalue weighted by atomic mass is 9.70. The molecule has 0 unspecified atom stereocenters. The second-order valence-electron chi connectivity index (χ2n) is 13.0. The average molecular weight is 733 g/mol. The first-order chi connectivity index (χ1) is 24.7. The van der Waals surface area contributed by atoms with E-state index < -0.39 is 16.1 Å². The van der Waals surface area contributed by atoms with Crippen LogP contribution in [0.15, 0.2) is 102 Å². The Labute approximate surface area is 306 Å². The number of benzene rings is 4. The van der Waals surface area contributed by atoms with E-state index in [9.17, 15) is 13.5 Å². The first-order valence-electron chi connectivity index (χ1n) is 17.1. The van der Waals surface area contributed by atoms with Crippen LogP contribution in [0.5, 0.6) is 17.2 Å². The van der Waals surface area contributed by atoms with Crippen molar-refractivity contribution in [1.29, 1.82) is 0 Å². The van der Waals surface area contributed by atoms with Crippen molar-refractivity contribution in [3.05, 3.63) is 125 Å². The number of ether oxygens (including phenoxy) is 4. The summed E-state index contributed by atoms with van der Waals surface area (Å²) in [5.74, 6) is 2.15. The minimum atomic E-state index is -4.05. The number of aliphatic hydroxyl groups is 1. The second-order valence-corrected chi connectivity index (χ2v) is 15.4. The first kappa shape index (κ1) is 36.7. The van der Waals surface area contributed by atoms with E-state index in [0.717, 1.165) is 35.1 Å². The highest BCUT2D eigenvalue weighted by Crippen LogP contribution is 2.41. The standard InChI is InChI=1S/C40H45ClN2O7S/c1-4-39(44)37-17-10-31(37)25-42-27-49-20-19-30-21-33(41)11-9-32(30)26-50-40-18-16-36(22-38(40)42)51(45,46)43(23-28-5-12-34(47-2)13-6-28)24-29-7-14-35(48-3)15-8-29/h4-9,11-16,18,21-22,31,37,39,44H,1,10,17,19-20,23-27H2,2-3H3/t31-,37+,39+/m0/s1.